The van der Waals surface area contributed by atoms with Crippen LogP contribution in [0.5, 0.6) is 0 Å². The minimum atomic E-state index is -3.42. The van der Waals surface area contributed by atoms with Crippen LogP contribution >= 0.6 is 0 Å². The van der Waals surface area contributed by atoms with Gasteiger partial charge in [0.15, 0.2) is 6.10 Å². The van der Waals surface area contributed by atoms with Crippen LogP contribution in [0.3, 0.4) is 0 Å². The zero-order valence-corrected chi connectivity index (χ0v) is 19.4. The van der Waals surface area contributed by atoms with E-state index in [2.05, 4.69) is 9.71 Å². The number of nitrogens with zero attached hydrogens (tertiary/aromatic N) is 2. The van der Waals surface area contributed by atoms with Gasteiger partial charge in [-0.2, -0.15) is 0 Å². The molecule has 174 valence electrons. The Bertz CT molecular complexity index is 1350. The maximum Gasteiger partial charge on any atom is 0.306 e. The van der Waals surface area contributed by atoms with Crippen LogP contribution in [-0.2, 0) is 26.1 Å². The number of nitrogens with one attached hydrogen (secondary N) is 1. The van der Waals surface area contributed by atoms with E-state index in [0.29, 0.717) is 35.1 Å². The summed E-state index contributed by atoms with van der Waals surface area (Å²) in [7, 11) is -3.42. The van der Waals surface area contributed by atoms with E-state index in [9.17, 15) is 22.8 Å². The molecule has 0 aliphatic carbocycles. The molecule has 3 rings (SSSR count). The third kappa shape index (κ3) is 6.26. The minimum absolute atomic E-state index is 0.0349. The van der Waals surface area contributed by atoms with Gasteiger partial charge in [0, 0.05) is 24.2 Å². The van der Waals surface area contributed by atoms with Gasteiger partial charge in [0.05, 0.1) is 23.5 Å². The normalized spacial score (nSPS) is 12.3. The molecule has 2 aromatic carbocycles. The molecule has 1 unspecified atom stereocenters. The van der Waals surface area contributed by atoms with Crippen molar-refractivity contribution in [3.63, 3.8) is 0 Å². The molecule has 1 N–H and O–H groups in total. The molecule has 33 heavy (non-hydrogen) atoms. The van der Waals surface area contributed by atoms with Crippen molar-refractivity contribution in [2.75, 3.05) is 11.0 Å². The van der Waals surface area contributed by atoms with Gasteiger partial charge in [-0.25, -0.2) is 13.4 Å². The van der Waals surface area contributed by atoms with Gasteiger partial charge >= 0.3 is 5.97 Å². The number of para-hydroxylation sites is 1. The first kappa shape index (κ1) is 24.1. The summed E-state index contributed by atoms with van der Waals surface area (Å²) >= 11 is 0. The first-order valence-electron chi connectivity index (χ1n) is 10.3. The molecule has 0 saturated carbocycles. The fourth-order valence-corrected chi connectivity index (χ4v) is 3.92. The lowest BCUT2D eigenvalue weighted by atomic mass is 10.1. The highest BCUT2D eigenvalue weighted by Gasteiger charge is 2.19. The van der Waals surface area contributed by atoms with Crippen molar-refractivity contribution in [2.24, 2.45) is 0 Å². The Morgan fingerprint density at radius 3 is 2.52 bits per heavy atom. The Hall–Kier alpha value is -3.53. The second kappa shape index (κ2) is 9.95. The maximum absolute atomic E-state index is 12.6. The first-order chi connectivity index (χ1) is 15.5. The number of ketones is 1. The lowest BCUT2D eigenvalue weighted by molar-refractivity contribution is -0.146. The molecule has 0 fully saturated rings. The monoisotopic (exact) mass is 471 g/mol. The number of ether oxygens (including phenoxy) is 1. The first-order valence-corrected chi connectivity index (χ1v) is 12.2. The molecular weight excluding hydrogens is 446 g/mol. The van der Waals surface area contributed by atoms with E-state index in [1.165, 1.54) is 42.1 Å². The number of Topliss-reactive ketones (excluding diaryl/α,β-unsaturated/α-hetero) is 1. The van der Waals surface area contributed by atoms with Crippen molar-refractivity contribution in [3.8, 4) is 0 Å². The van der Waals surface area contributed by atoms with Gasteiger partial charge in [-0.15, -0.1) is 0 Å². The maximum atomic E-state index is 12.6. The van der Waals surface area contributed by atoms with Gasteiger partial charge in [-0.3, -0.25) is 23.7 Å². The third-order valence-corrected chi connectivity index (χ3v) is 5.59. The summed E-state index contributed by atoms with van der Waals surface area (Å²) in [5, 5.41) is 0.525. The molecule has 0 amide bonds. The number of rotatable bonds is 9. The number of aryl methyl sites for hydroxylation is 2. The standard InChI is InChI=1S/C23H25N3O6S/c1-15-6-4-7-19-21(15)24-14-26(23(19)29)13-5-8-20(27)32-16(2)22(28)17-9-11-18(12-10-17)25-33(3,30)31/h4,6-7,9-12,14,16,25H,5,8,13H2,1-3H3. The molecule has 0 bridgehead atoms. The van der Waals surface area contributed by atoms with E-state index >= 15 is 0 Å². The largest absolute Gasteiger partial charge is 0.454 e. The van der Waals surface area contributed by atoms with Crippen LogP contribution in [0.4, 0.5) is 5.69 Å². The fraction of sp³-hybridized carbons (Fsp3) is 0.304. The minimum Gasteiger partial charge on any atom is -0.454 e. The number of fused-ring (bicyclic) bond motifs is 1. The highest BCUT2D eigenvalue weighted by Crippen LogP contribution is 2.14. The van der Waals surface area contributed by atoms with Crippen LogP contribution in [0.1, 0.15) is 35.7 Å². The zero-order chi connectivity index (χ0) is 24.2. The predicted octanol–water partition coefficient (Wildman–Crippen LogP) is 2.67. The average molecular weight is 472 g/mol. The number of carbonyl (C=O) groups excluding carboxylic acids is 2. The molecule has 0 radical (unpaired) electrons. The number of aromatic nitrogens is 2. The van der Waals surface area contributed by atoms with Gasteiger partial charge in [-0.1, -0.05) is 12.1 Å². The Kier molecular flexibility index (Phi) is 7.27. The van der Waals surface area contributed by atoms with Gasteiger partial charge < -0.3 is 4.74 Å². The topological polar surface area (TPSA) is 124 Å². The highest BCUT2D eigenvalue weighted by molar-refractivity contribution is 7.92. The van der Waals surface area contributed by atoms with Crippen molar-refractivity contribution < 1.29 is 22.7 Å². The Labute approximate surface area is 191 Å². The number of hydrogen-bond donors (Lipinski definition) is 1. The summed E-state index contributed by atoms with van der Waals surface area (Å²) < 4.78 is 31.5. The third-order valence-electron chi connectivity index (χ3n) is 4.99. The van der Waals surface area contributed by atoms with Crippen molar-refractivity contribution in [1.82, 2.24) is 9.55 Å². The van der Waals surface area contributed by atoms with Crippen LogP contribution in [0, 0.1) is 6.92 Å². The molecule has 3 aromatic rings. The summed E-state index contributed by atoms with van der Waals surface area (Å²) in [6.45, 7) is 3.66. The van der Waals surface area contributed by atoms with Crippen LogP contribution < -0.4 is 10.3 Å². The van der Waals surface area contributed by atoms with Crippen molar-refractivity contribution in [3.05, 3.63) is 70.3 Å². The van der Waals surface area contributed by atoms with Gasteiger partial charge in [-0.05, 0) is 56.2 Å². The number of anilines is 1. The Morgan fingerprint density at radius 2 is 1.85 bits per heavy atom. The van der Waals surface area contributed by atoms with E-state index < -0.39 is 27.9 Å². The molecule has 10 heteroatoms. The summed E-state index contributed by atoms with van der Waals surface area (Å²) in [6, 6.07) is 11.2. The van der Waals surface area contributed by atoms with Crippen LogP contribution in [0.2, 0.25) is 0 Å². The van der Waals surface area contributed by atoms with Crippen molar-refractivity contribution in [2.45, 2.75) is 39.3 Å². The second-order valence-corrected chi connectivity index (χ2v) is 9.51. The van der Waals surface area contributed by atoms with Crippen molar-refractivity contribution >= 4 is 38.4 Å². The van der Waals surface area contributed by atoms with Crippen LogP contribution in [0.15, 0.2) is 53.6 Å². The van der Waals surface area contributed by atoms with Gasteiger partial charge in [0.25, 0.3) is 5.56 Å². The van der Waals surface area contributed by atoms with Crippen LogP contribution in [-0.4, -0.2) is 42.1 Å². The summed E-state index contributed by atoms with van der Waals surface area (Å²) in [5.74, 6) is -0.955. The number of sulfonamides is 1. The number of esters is 1. The predicted molar refractivity (Wildman–Crippen MR) is 125 cm³/mol. The van der Waals surface area contributed by atoms with Crippen molar-refractivity contribution in [1.29, 1.82) is 0 Å². The number of carbonyl (C=O) groups is 2. The van der Waals surface area contributed by atoms with E-state index in [1.807, 2.05) is 13.0 Å². The van der Waals surface area contributed by atoms with E-state index in [-0.39, 0.29) is 12.0 Å². The van der Waals surface area contributed by atoms with Gasteiger partial charge in [0.1, 0.15) is 0 Å². The second-order valence-electron chi connectivity index (χ2n) is 7.77. The SMILES string of the molecule is Cc1cccc2c(=O)n(CCCC(=O)OC(C)C(=O)c3ccc(NS(C)(=O)=O)cc3)cnc12. The molecule has 0 aliphatic heterocycles. The zero-order valence-electron chi connectivity index (χ0n) is 18.6. The molecule has 0 aliphatic rings. The fourth-order valence-electron chi connectivity index (χ4n) is 3.35. The molecule has 0 saturated heterocycles. The lowest BCUT2D eigenvalue weighted by Gasteiger charge is -2.13. The molecule has 1 aromatic heterocycles. The molecule has 0 spiro atoms. The van der Waals surface area contributed by atoms with E-state index in [0.717, 1.165) is 11.8 Å². The summed E-state index contributed by atoms with van der Waals surface area (Å²) in [4.78, 5) is 41.6. The lowest BCUT2D eigenvalue weighted by Crippen LogP contribution is -2.25. The molecular formula is C23H25N3O6S. The quantitative estimate of drug-likeness (QED) is 0.376. The van der Waals surface area contributed by atoms with E-state index in [4.69, 9.17) is 4.74 Å². The Balaban J connectivity index is 1.53. The molecule has 1 heterocycles. The number of hydrogen-bond acceptors (Lipinski definition) is 7. The average Bonchev–Trinajstić information content (AvgIpc) is 2.74. The number of benzene rings is 2. The highest BCUT2D eigenvalue weighted by atomic mass is 32.2. The van der Waals surface area contributed by atoms with E-state index in [1.54, 1.807) is 12.1 Å². The summed E-state index contributed by atoms with van der Waals surface area (Å²) in [6.07, 6.45) is 1.88. The summed E-state index contributed by atoms with van der Waals surface area (Å²) in [5.41, 5.74) is 2.02. The molecule has 9 nitrogen and oxygen atoms in total. The Morgan fingerprint density at radius 1 is 1.15 bits per heavy atom. The molecule has 1 atom stereocenters. The van der Waals surface area contributed by atoms with Gasteiger partial charge in [0.2, 0.25) is 15.8 Å². The van der Waals surface area contributed by atoms with Crippen LogP contribution in [0.25, 0.3) is 10.9 Å². The smallest absolute Gasteiger partial charge is 0.306 e.